The van der Waals surface area contributed by atoms with E-state index >= 15 is 0 Å². The van der Waals surface area contributed by atoms with E-state index in [0.717, 1.165) is 34.6 Å². The second-order valence-corrected chi connectivity index (χ2v) is 5.29. The van der Waals surface area contributed by atoms with Crippen molar-refractivity contribution in [3.63, 3.8) is 0 Å². The summed E-state index contributed by atoms with van der Waals surface area (Å²) in [5.41, 5.74) is 4.11. The summed E-state index contributed by atoms with van der Waals surface area (Å²) in [5, 5.41) is 8.60. The number of halogens is 1. The van der Waals surface area contributed by atoms with Gasteiger partial charge in [-0.3, -0.25) is 4.39 Å². The molecule has 0 unspecified atom stereocenters. The van der Waals surface area contributed by atoms with Crippen LogP contribution in [0.1, 0.15) is 23.9 Å². The van der Waals surface area contributed by atoms with E-state index in [0.29, 0.717) is 5.82 Å². The van der Waals surface area contributed by atoms with Crippen LogP contribution >= 0.6 is 0 Å². The van der Waals surface area contributed by atoms with Gasteiger partial charge in [0.2, 0.25) is 0 Å². The van der Waals surface area contributed by atoms with Crippen molar-refractivity contribution in [2.45, 2.75) is 27.2 Å². The van der Waals surface area contributed by atoms with Crippen LogP contribution in [0.5, 0.6) is 0 Å². The van der Waals surface area contributed by atoms with Crippen LogP contribution in [0.3, 0.4) is 0 Å². The van der Waals surface area contributed by atoms with Gasteiger partial charge in [-0.1, -0.05) is 25.1 Å². The molecule has 0 amide bonds. The Morgan fingerprint density at radius 2 is 1.78 bits per heavy atom. The number of nitrogens with zero attached hydrogens (tertiary/aromatic N) is 3. The molecule has 2 aromatic carbocycles. The standard InChI is InChI=1S/C18H17FN3.Ir/c1-4-16-20-21-18(14-8-10-15(19)11-9-14)22(16)17-12(2)6-5-7-13(17)3;/h5-8,10-11H,4H2,1-3H3;/q-1;. The normalized spacial score (nSPS) is 10.4. The van der Waals surface area contributed by atoms with E-state index < -0.39 is 0 Å². The molecule has 0 atom stereocenters. The predicted octanol–water partition coefficient (Wildman–Crippen LogP) is 4.05. The Morgan fingerprint density at radius 3 is 2.35 bits per heavy atom. The van der Waals surface area contributed by atoms with E-state index in [1.54, 1.807) is 6.07 Å². The minimum absolute atomic E-state index is 0. The van der Waals surface area contributed by atoms with Gasteiger partial charge in [-0.2, -0.15) is 5.10 Å². The SMILES string of the molecule is CCc1nnc(-c2[c-]cc(F)cc2)n1-c1c(C)cccc1C.[Ir]. The Balaban J connectivity index is 0.00000192. The number of benzene rings is 2. The summed E-state index contributed by atoms with van der Waals surface area (Å²) in [6, 6.07) is 13.5. The molecule has 1 aromatic heterocycles. The zero-order chi connectivity index (χ0) is 15.7. The molecule has 3 rings (SSSR count). The van der Waals surface area contributed by atoms with Crippen LogP contribution in [-0.4, -0.2) is 14.8 Å². The average molecular weight is 487 g/mol. The van der Waals surface area contributed by atoms with Crippen LogP contribution < -0.4 is 0 Å². The number of aryl methyl sites for hydroxylation is 3. The topological polar surface area (TPSA) is 30.7 Å². The van der Waals surface area contributed by atoms with Gasteiger partial charge in [0.25, 0.3) is 0 Å². The van der Waals surface area contributed by atoms with Gasteiger partial charge in [-0.25, -0.2) is 0 Å². The molecule has 0 bridgehead atoms. The van der Waals surface area contributed by atoms with Crippen LogP contribution in [0.15, 0.2) is 36.4 Å². The van der Waals surface area contributed by atoms with E-state index in [9.17, 15) is 4.39 Å². The Hall–Kier alpha value is -1.84. The summed E-state index contributed by atoms with van der Waals surface area (Å²) < 4.78 is 15.2. The minimum atomic E-state index is -0.308. The van der Waals surface area contributed by atoms with Crippen molar-refractivity contribution in [1.82, 2.24) is 14.8 Å². The third kappa shape index (κ3) is 3.26. The van der Waals surface area contributed by atoms with Gasteiger partial charge < -0.3 is 4.57 Å². The molecule has 0 N–H and O–H groups in total. The van der Waals surface area contributed by atoms with Crippen LogP contribution in [0.25, 0.3) is 17.1 Å². The second-order valence-electron chi connectivity index (χ2n) is 5.29. The van der Waals surface area contributed by atoms with Crippen LogP contribution in [0, 0.1) is 25.7 Å². The summed E-state index contributed by atoms with van der Waals surface area (Å²) in [5.74, 6) is 1.26. The van der Waals surface area contributed by atoms with E-state index in [1.807, 2.05) is 13.0 Å². The zero-order valence-electron chi connectivity index (χ0n) is 13.2. The van der Waals surface area contributed by atoms with Crippen molar-refractivity contribution in [3.8, 4) is 17.1 Å². The summed E-state index contributed by atoms with van der Waals surface area (Å²) in [7, 11) is 0. The van der Waals surface area contributed by atoms with Gasteiger partial charge in [0, 0.05) is 38.0 Å². The number of para-hydroxylation sites is 1. The maximum Gasteiger partial charge on any atom is 0.128 e. The largest absolute Gasteiger partial charge is 0.320 e. The van der Waals surface area contributed by atoms with E-state index in [4.69, 9.17) is 0 Å². The first kappa shape index (κ1) is 17.5. The summed E-state index contributed by atoms with van der Waals surface area (Å²) in [6.07, 6.45) is 0.766. The number of hydrogen-bond acceptors (Lipinski definition) is 2. The summed E-state index contributed by atoms with van der Waals surface area (Å²) in [6.45, 7) is 6.19. The third-order valence-corrected chi connectivity index (χ3v) is 3.73. The molecule has 0 spiro atoms. The van der Waals surface area contributed by atoms with Gasteiger partial charge in [0.1, 0.15) is 5.82 Å². The van der Waals surface area contributed by atoms with Crippen molar-refractivity contribution < 1.29 is 24.5 Å². The quantitative estimate of drug-likeness (QED) is 0.523. The molecule has 23 heavy (non-hydrogen) atoms. The zero-order valence-corrected chi connectivity index (χ0v) is 15.6. The monoisotopic (exact) mass is 487 g/mol. The van der Waals surface area contributed by atoms with E-state index in [1.165, 1.54) is 12.1 Å². The van der Waals surface area contributed by atoms with E-state index in [2.05, 4.69) is 46.8 Å². The minimum Gasteiger partial charge on any atom is -0.320 e. The maximum absolute atomic E-state index is 13.2. The van der Waals surface area contributed by atoms with Crippen LogP contribution in [0.4, 0.5) is 4.39 Å². The van der Waals surface area contributed by atoms with Gasteiger partial charge in [-0.15, -0.1) is 34.9 Å². The Bertz CT molecular complexity index is 789. The molecule has 1 heterocycles. The van der Waals surface area contributed by atoms with Crippen molar-refractivity contribution in [3.05, 3.63) is 65.2 Å². The number of rotatable bonds is 3. The van der Waals surface area contributed by atoms with Crippen molar-refractivity contribution in [2.24, 2.45) is 0 Å². The Kier molecular flexibility index (Phi) is 5.45. The third-order valence-electron chi connectivity index (χ3n) is 3.73. The van der Waals surface area contributed by atoms with Gasteiger partial charge in [-0.05, 0) is 25.0 Å². The number of aromatic nitrogens is 3. The molecule has 0 fully saturated rings. The predicted molar refractivity (Wildman–Crippen MR) is 84.4 cm³/mol. The van der Waals surface area contributed by atoms with Crippen molar-refractivity contribution in [2.75, 3.05) is 0 Å². The first-order valence-corrected chi connectivity index (χ1v) is 7.30. The van der Waals surface area contributed by atoms with Gasteiger partial charge in [0.05, 0.1) is 5.82 Å². The molecule has 0 aliphatic carbocycles. The molecule has 0 saturated heterocycles. The van der Waals surface area contributed by atoms with Crippen LogP contribution in [0.2, 0.25) is 0 Å². The Morgan fingerprint density at radius 1 is 1.09 bits per heavy atom. The van der Waals surface area contributed by atoms with Gasteiger partial charge in [0.15, 0.2) is 0 Å². The smallest absolute Gasteiger partial charge is 0.128 e. The molecule has 5 heteroatoms. The molecule has 1 radical (unpaired) electrons. The maximum atomic E-state index is 13.2. The average Bonchev–Trinajstić information content (AvgIpc) is 2.91. The molecule has 3 nitrogen and oxygen atoms in total. The fourth-order valence-corrected chi connectivity index (χ4v) is 2.66. The number of hydrogen-bond donors (Lipinski definition) is 0. The van der Waals surface area contributed by atoms with Gasteiger partial charge >= 0.3 is 0 Å². The fourth-order valence-electron chi connectivity index (χ4n) is 2.66. The molecule has 0 aliphatic rings. The first-order valence-electron chi connectivity index (χ1n) is 7.30. The van der Waals surface area contributed by atoms with Crippen LogP contribution in [-0.2, 0) is 26.5 Å². The molecule has 3 aromatic rings. The van der Waals surface area contributed by atoms with Crippen molar-refractivity contribution >= 4 is 0 Å². The second kappa shape index (κ2) is 7.16. The molecular weight excluding hydrogens is 469 g/mol. The molecule has 0 aliphatic heterocycles. The molecule has 0 saturated carbocycles. The Labute approximate surface area is 148 Å². The summed E-state index contributed by atoms with van der Waals surface area (Å²) in [4.78, 5) is 0. The first-order chi connectivity index (χ1) is 10.6. The summed E-state index contributed by atoms with van der Waals surface area (Å²) >= 11 is 0. The molecule has 121 valence electrons. The molecular formula is C18H17FIrN3-. The fraction of sp³-hybridized carbons (Fsp3) is 0.222. The van der Waals surface area contributed by atoms with E-state index in [-0.39, 0.29) is 25.9 Å². The van der Waals surface area contributed by atoms with Crippen molar-refractivity contribution in [1.29, 1.82) is 0 Å².